The van der Waals surface area contributed by atoms with Crippen molar-refractivity contribution in [2.24, 2.45) is 5.41 Å². The zero-order valence-corrected chi connectivity index (χ0v) is 19.1. The standard InChI is InChI=1S/C26H29N5O2/c1-3-28-25(33)26(16-20-4-6-21(7-5-20)22-8-12-27-13-9-22)10-14-31(15-11-26)24(32)23-18-29-19(2)17-30-23/h4-9,12-13,17-18H,3,10-11,14-16H2,1-2H3,(H,28,33). The Labute approximate surface area is 194 Å². The second-order valence-electron chi connectivity index (χ2n) is 8.58. The maximum absolute atomic E-state index is 13.2. The number of aryl methyl sites for hydroxylation is 1. The largest absolute Gasteiger partial charge is 0.356 e. The van der Waals surface area contributed by atoms with E-state index in [1.807, 2.05) is 26.0 Å². The first kappa shape index (κ1) is 22.6. The zero-order valence-electron chi connectivity index (χ0n) is 19.1. The average Bonchev–Trinajstić information content (AvgIpc) is 2.86. The van der Waals surface area contributed by atoms with Crippen LogP contribution in [0.3, 0.4) is 0 Å². The Balaban J connectivity index is 1.49. The lowest BCUT2D eigenvalue weighted by Gasteiger charge is -2.40. The van der Waals surface area contributed by atoms with Crippen LogP contribution in [-0.2, 0) is 11.2 Å². The molecule has 0 aliphatic carbocycles. The summed E-state index contributed by atoms with van der Waals surface area (Å²) in [6.07, 6.45) is 8.54. The number of likely N-dealkylation sites (tertiary alicyclic amines) is 1. The predicted molar refractivity (Wildman–Crippen MR) is 126 cm³/mol. The molecule has 1 aromatic carbocycles. The van der Waals surface area contributed by atoms with Crippen LogP contribution in [0, 0.1) is 12.3 Å². The molecule has 2 aromatic heterocycles. The molecule has 7 heteroatoms. The quantitative estimate of drug-likeness (QED) is 0.630. The van der Waals surface area contributed by atoms with E-state index in [9.17, 15) is 9.59 Å². The van der Waals surface area contributed by atoms with E-state index in [2.05, 4.69) is 44.5 Å². The number of nitrogens with one attached hydrogen (secondary N) is 1. The van der Waals surface area contributed by atoms with Crippen LogP contribution in [0.1, 0.15) is 41.5 Å². The first-order valence-corrected chi connectivity index (χ1v) is 11.4. The molecular weight excluding hydrogens is 414 g/mol. The van der Waals surface area contributed by atoms with Crippen LogP contribution < -0.4 is 5.32 Å². The molecule has 0 spiro atoms. The van der Waals surface area contributed by atoms with Gasteiger partial charge in [0.15, 0.2) is 0 Å². The second kappa shape index (κ2) is 9.90. The van der Waals surface area contributed by atoms with Crippen molar-refractivity contribution in [3.63, 3.8) is 0 Å². The lowest BCUT2D eigenvalue weighted by atomic mass is 9.72. The number of hydrogen-bond acceptors (Lipinski definition) is 5. The molecular formula is C26H29N5O2. The lowest BCUT2D eigenvalue weighted by molar-refractivity contribution is -0.133. The smallest absolute Gasteiger partial charge is 0.274 e. The van der Waals surface area contributed by atoms with Gasteiger partial charge < -0.3 is 10.2 Å². The summed E-state index contributed by atoms with van der Waals surface area (Å²) in [5.74, 6) is -0.0702. The first-order chi connectivity index (χ1) is 16.0. The Morgan fingerprint density at radius 1 is 0.970 bits per heavy atom. The minimum Gasteiger partial charge on any atom is -0.356 e. The fourth-order valence-corrected chi connectivity index (χ4v) is 4.39. The molecule has 1 N–H and O–H groups in total. The summed E-state index contributed by atoms with van der Waals surface area (Å²) >= 11 is 0. The van der Waals surface area contributed by atoms with Gasteiger partial charge in [-0.05, 0) is 61.9 Å². The van der Waals surface area contributed by atoms with Crippen molar-refractivity contribution in [3.05, 3.63) is 78.1 Å². The van der Waals surface area contributed by atoms with E-state index in [1.54, 1.807) is 23.5 Å². The Hall–Kier alpha value is -3.61. The van der Waals surface area contributed by atoms with E-state index in [1.165, 1.54) is 6.20 Å². The Bertz CT molecular complexity index is 1090. The van der Waals surface area contributed by atoms with E-state index in [-0.39, 0.29) is 11.8 Å². The SMILES string of the molecule is CCNC(=O)C1(Cc2ccc(-c3ccncc3)cc2)CCN(C(=O)c2cnc(C)cn2)CC1. The maximum Gasteiger partial charge on any atom is 0.274 e. The van der Waals surface area contributed by atoms with Gasteiger partial charge in [-0.15, -0.1) is 0 Å². The molecule has 1 fully saturated rings. The van der Waals surface area contributed by atoms with E-state index in [0.29, 0.717) is 44.6 Å². The predicted octanol–water partition coefficient (Wildman–Crippen LogP) is 3.45. The monoisotopic (exact) mass is 443 g/mol. The summed E-state index contributed by atoms with van der Waals surface area (Å²) in [5.41, 5.74) is 3.93. The normalized spacial score (nSPS) is 15.2. The summed E-state index contributed by atoms with van der Waals surface area (Å²) in [5, 5.41) is 3.02. The molecule has 3 aromatic rings. The zero-order chi connectivity index (χ0) is 23.3. The molecule has 3 heterocycles. The number of hydrogen-bond donors (Lipinski definition) is 1. The highest BCUT2D eigenvalue weighted by atomic mass is 16.2. The first-order valence-electron chi connectivity index (χ1n) is 11.4. The van der Waals surface area contributed by atoms with Crippen molar-refractivity contribution in [3.8, 4) is 11.1 Å². The van der Waals surface area contributed by atoms with Crippen LogP contribution in [0.2, 0.25) is 0 Å². The number of amides is 2. The number of carbonyl (C=O) groups excluding carboxylic acids is 2. The number of rotatable bonds is 6. The van der Waals surface area contributed by atoms with Crippen molar-refractivity contribution in [1.82, 2.24) is 25.2 Å². The van der Waals surface area contributed by atoms with Gasteiger partial charge in [0.25, 0.3) is 5.91 Å². The number of aromatic nitrogens is 3. The van der Waals surface area contributed by atoms with Crippen molar-refractivity contribution in [2.45, 2.75) is 33.1 Å². The van der Waals surface area contributed by atoms with E-state index >= 15 is 0 Å². The number of piperidine rings is 1. The Kier molecular flexibility index (Phi) is 6.77. The third-order valence-corrected chi connectivity index (χ3v) is 6.34. The second-order valence-corrected chi connectivity index (χ2v) is 8.58. The third kappa shape index (κ3) is 5.08. The molecule has 1 aliphatic rings. The fourth-order valence-electron chi connectivity index (χ4n) is 4.39. The van der Waals surface area contributed by atoms with E-state index in [0.717, 1.165) is 22.4 Å². The molecule has 0 unspecified atom stereocenters. The van der Waals surface area contributed by atoms with Gasteiger partial charge in [-0.25, -0.2) is 4.98 Å². The van der Waals surface area contributed by atoms with Crippen LogP contribution in [0.4, 0.5) is 0 Å². The maximum atomic E-state index is 13.2. The van der Waals surface area contributed by atoms with Gasteiger partial charge in [0.1, 0.15) is 5.69 Å². The average molecular weight is 444 g/mol. The van der Waals surface area contributed by atoms with Gasteiger partial charge in [-0.3, -0.25) is 19.6 Å². The van der Waals surface area contributed by atoms with E-state index < -0.39 is 5.41 Å². The van der Waals surface area contributed by atoms with Gasteiger partial charge in [0.2, 0.25) is 5.91 Å². The topological polar surface area (TPSA) is 88.1 Å². The van der Waals surface area contributed by atoms with Crippen molar-refractivity contribution >= 4 is 11.8 Å². The van der Waals surface area contributed by atoms with E-state index in [4.69, 9.17) is 0 Å². The number of pyridine rings is 1. The minimum absolute atomic E-state index is 0.0606. The van der Waals surface area contributed by atoms with Crippen molar-refractivity contribution in [1.29, 1.82) is 0 Å². The molecule has 1 aliphatic heterocycles. The highest BCUT2D eigenvalue weighted by molar-refractivity contribution is 5.92. The van der Waals surface area contributed by atoms with Crippen LogP contribution in [0.15, 0.2) is 61.2 Å². The van der Waals surface area contributed by atoms with Gasteiger partial charge >= 0.3 is 0 Å². The molecule has 0 saturated carbocycles. The summed E-state index contributed by atoms with van der Waals surface area (Å²) < 4.78 is 0. The van der Waals surface area contributed by atoms with Crippen molar-refractivity contribution in [2.75, 3.05) is 19.6 Å². The molecule has 170 valence electrons. The van der Waals surface area contributed by atoms with Crippen LogP contribution in [0.5, 0.6) is 0 Å². The number of nitrogens with zero attached hydrogens (tertiary/aromatic N) is 4. The van der Waals surface area contributed by atoms with Gasteiger partial charge in [-0.1, -0.05) is 24.3 Å². The Morgan fingerprint density at radius 2 is 1.64 bits per heavy atom. The molecule has 1 saturated heterocycles. The molecule has 0 bridgehead atoms. The summed E-state index contributed by atoms with van der Waals surface area (Å²) in [4.78, 5) is 40.3. The minimum atomic E-state index is -0.538. The number of carbonyl (C=O) groups is 2. The van der Waals surface area contributed by atoms with Gasteiger partial charge in [-0.2, -0.15) is 0 Å². The molecule has 2 amide bonds. The van der Waals surface area contributed by atoms with Crippen molar-refractivity contribution < 1.29 is 9.59 Å². The lowest BCUT2D eigenvalue weighted by Crippen LogP contribution is -2.51. The number of benzene rings is 1. The molecule has 0 atom stereocenters. The van der Waals surface area contributed by atoms with Crippen LogP contribution in [0.25, 0.3) is 11.1 Å². The highest BCUT2D eigenvalue weighted by Gasteiger charge is 2.42. The van der Waals surface area contributed by atoms with Crippen LogP contribution in [-0.4, -0.2) is 51.3 Å². The summed E-state index contributed by atoms with van der Waals surface area (Å²) in [6.45, 7) is 5.39. The third-order valence-electron chi connectivity index (χ3n) is 6.34. The van der Waals surface area contributed by atoms with Crippen LogP contribution >= 0.6 is 0 Å². The molecule has 7 nitrogen and oxygen atoms in total. The molecule has 4 rings (SSSR count). The molecule has 33 heavy (non-hydrogen) atoms. The molecule has 0 radical (unpaired) electrons. The Morgan fingerprint density at radius 3 is 2.24 bits per heavy atom. The van der Waals surface area contributed by atoms with Gasteiger partial charge in [0.05, 0.1) is 17.3 Å². The fraction of sp³-hybridized carbons (Fsp3) is 0.346. The highest BCUT2D eigenvalue weighted by Crippen LogP contribution is 2.36. The van der Waals surface area contributed by atoms with Gasteiger partial charge in [0, 0.05) is 38.2 Å². The summed E-state index contributed by atoms with van der Waals surface area (Å²) in [7, 11) is 0. The summed E-state index contributed by atoms with van der Waals surface area (Å²) in [6, 6.07) is 12.3.